The molecular formula is C18H17ClN4O3. The van der Waals surface area contributed by atoms with Crippen LogP contribution in [0, 0.1) is 0 Å². The van der Waals surface area contributed by atoms with Crippen LogP contribution in [0.4, 0.5) is 5.69 Å². The third-order valence-electron chi connectivity index (χ3n) is 4.27. The number of nitrogens with one attached hydrogen (secondary N) is 1. The Labute approximate surface area is 153 Å². The van der Waals surface area contributed by atoms with E-state index in [2.05, 4.69) is 10.3 Å². The van der Waals surface area contributed by atoms with Crippen LogP contribution in [0.3, 0.4) is 0 Å². The molecule has 0 aliphatic carbocycles. The second kappa shape index (κ2) is 6.76. The minimum Gasteiger partial charge on any atom is -0.321 e. The molecule has 26 heavy (non-hydrogen) atoms. The molecule has 0 atom stereocenters. The first kappa shape index (κ1) is 17.9. The maximum Gasteiger partial charge on any atom is 0.332 e. The number of fused-ring (bicyclic) bond motifs is 1. The van der Waals surface area contributed by atoms with Gasteiger partial charge in [0.15, 0.2) is 5.65 Å². The summed E-state index contributed by atoms with van der Waals surface area (Å²) in [4.78, 5) is 41.7. The molecule has 3 aromatic rings. The number of anilines is 1. The zero-order valence-electron chi connectivity index (χ0n) is 14.5. The van der Waals surface area contributed by atoms with Crippen molar-refractivity contribution in [2.75, 3.05) is 5.32 Å². The summed E-state index contributed by atoms with van der Waals surface area (Å²) in [5.74, 6) is -0.375. The van der Waals surface area contributed by atoms with Crippen molar-refractivity contribution < 1.29 is 4.79 Å². The molecule has 0 saturated carbocycles. The molecule has 0 radical (unpaired) electrons. The van der Waals surface area contributed by atoms with Crippen LogP contribution in [-0.4, -0.2) is 20.0 Å². The van der Waals surface area contributed by atoms with Crippen molar-refractivity contribution in [2.24, 2.45) is 14.1 Å². The van der Waals surface area contributed by atoms with Gasteiger partial charge in [-0.3, -0.25) is 18.7 Å². The summed E-state index contributed by atoms with van der Waals surface area (Å²) in [5.41, 5.74) is 0.723. The van der Waals surface area contributed by atoms with Crippen molar-refractivity contribution in [1.29, 1.82) is 0 Å². The highest BCUT2D eigenvalue weighted by atomic mass is 35.5. The maximum absolute atomic E-state index is 12.7. The minimum atomic E-state index is -0.502. The van der Waals surface area contributed by atoms with Crippen LogP contribution < -0.4 is 16.6 Å². The van der Waals surface area contributed by atoms with Gasteiger partial charge in [0.1, 0.15) is 5.39 Å². The number of rotatable bonds is 3. The Morgan fingerprint density at radius 2 is 1.81 bits per heavy atom. The Morgan fingerprint density at radius 1 is 1.15 bits per heavy atom. The summed E-state index contributed by atoms with van der Waals surface area (Å²) in [6.07, 6.45) is 2.13. The highest BCUT2D eigenvalue weighted by Gasteiger charge is 2.18. The normalized spacial score (nSPS) is 10.9. The molecule has 0 spiro atoms. The van der Waals surface area contributed by atoms with E-state index in [-0.39, 0.29) is 16.9 Å². The zero-order chi connectivity index (χ0) is 19.0. The van der Waals surface area contributed by atoms with E-state index in [1.807, 2.05) is 6.92 Å². The lowest BCUT2D eigenvalue weighted by Crippen LogP contribution is -2.38. The minimum absolute atomic E-state index is 0.205. The van der Waals surface area contributed by atoms with Crippen LogP contribution in [0.2, 0.25) is 5.02 Å². The van der Waals surface area contributed by atoms with E-state index in [0.29, 0.717) is 28.3 Å². The monoisotopic (exact) mass is 372 g/mol. The third-order valence-corrected chi connectivity index (χ3v) is 4.53. The van der Waals surface area contributed by atoms with E-state index in [9.17, 15) is 14.4 Å². The lowest BCUT2D eigenvalue weighted by molar-refractivity contribution is 0.102. The number of carbonyl (C=O) groups excluding carboxylic acids is 1. The van der Waals surface area contributed by atoms with Crippen LogP contribution in [-0.2, 0) is 20.5 Å². The highest BCUT2D eigenvalue weighted by molar-refractivity contribution is 6.30. The Kier molecular flexibility index (Phi) is 4.65. The fourth-order valence-corrected chi connectivity index (χ4v) is 2.89. The van der Waals surface area contributed by atoms with Crippen molar-refractivity contribution in [2.45, 2.75) is 13.3 Å². The second-order valence-corrected chi connectivity index (χ2v) is 6.31. The Morgan fingerprint density at radius 3 is 2.42 bits per heavy atom. The fraction of sp³-hybridized carbons (Fsp3) is 0.222. The van der Waals surface area contributed by atoms with Gasteiger partial charge in [-0.05, 0) is 36.2 Å². The molecule has 2 heterocycles. The average Bonchev–Trinajstić information content (AvgIpc) is 2.64. The number of pyridine rings is 1. The molecule has 0 aliphatic rings. The smallest absolute Gasteiger partial charge is 0.321 e. The first-order valence-corrected chi connectivity index (χ1v) is 8.37. The molecule has 0 unspecified atom stereocenters. The van der Waals surface area contributed by atoms with Gasteiger partial charge in [-0.2, -0.15) is 0 Å². The third kappa shape index (κ3) is 2.90. The lowest BCUT2D eigenvalue weighted by atomic mass is 10.1. The molecule has 0 saturated heterocycles. The molecule has 1 aromatic carbocycles. The summed E-state index contributed by atoms with van der Waals surface area (Å²) in [5, 5.41) is 3.53. The lowest BCUT2D eigenvalue weighted by Gasteiger charge is -2.15. The van der Waals surface area contributed by atoms with Gasteiger partial charge in [-0.15, -0.1) is 0 Å². The number of aromatic nitrogens is 3. The SMILES string of the molecule is CCc1cnc2c(c1NC(=O)c1ccc(Cl)cc1)c(=O)n(C)c(=O)n2C. The number of carbonyl (C=O) groups is 1. The molecular weight excluding hydrogens is 356 g/mol. The van der Waals surface area contributed by atoms with E-state index in [1.54, 1.807) is 30.5 Å². The molecule has 7 nitrogen and oxygen atoms in total. The zero-order valence-corrected chi connectivity index (χ0v) is 15.3. The van der Waals surface area contributed by atoms with Crippen LogP contribution in [0.15, 0.2) is 40.1 Å². The van der Waals surface area contributed by atoms with Gasteiger partial charge in [0.2, 0.25) is 0 Å². The fourth-order valence-electron chi connectivity index (χ4n) is 2.77. The Balaban J connectivity index is 2.24. The first-order chi connectivity index (χ1) is 12.3. The number of hydrogen-bond donors (Lipinski definition) is 1. The van der Waals surface area contributed by atoms with Crippen molar-refractivity contribution in [1.82, 2.24) is 14.1 Å². The van der Waals surface area contributed by atoms with Gasteiger partial charge in [0, 0.05) is 30.9 Å². The summed E-state index contributed by atoms with van der Waals surface area (Å²) < 4.78 is 2.29. The number of amides is 1. The maximum atomic E-state index is 12.7. The van der Waals surface area contributed by atoms with Crippen molar-refractivity contribution in [3.63, 3.8) is 0 Å². The molecule has 0 aliphatic heterocycles. The van der Waals surface area contributed by atoms with Crippen molar-refractivity contribution >= 4 is 34.2 Å². The van der Waals surface area contributed by atoms with E-state index in [4.69, 9.17) is 11.6 Å². The molecule has 0 bridgehead atoms. The Bertz CT molecular complexity index is 1130. The summed E-state index contributed by atoms with van der Waals surface area (Å²) in [7, 11) is 2.93. The van der Waals surface area contributed by atoms with Gasteiger partial charge < -0.3 is 5.32 Å². The number of halogens is 1. The Hall–Kier alpha value is -2.93. The molecule has 0 fully saturated rings. The average molecular weight is 373 g/mol. The summed E-state index contributed by atoms with van der Waals surface area (Å²) in [6, 6.07) is 6.43. The summed E-state index contributed by atoms with van der Waals surface area (Å²) in [6.45, 7) is 1.90. The number of nitrogens with zero attached hydrogens (tertiary/aromatic N) is 3. The molecule has 1 amide bonds. The molecule has 8 heteroatoms. The molecule has 134 valence electrons. The van der Waals surface area contributed by atoms with Crippen LogP contribution >= 0.6 is 11.6 Å². The van der Waals surface area contributed by atoms with Crippen molar-refractivity contribution in [3.05, 3.63) is 67.4 Å². The predicted molar refractivity (Wildman–Crippen MR) is 101 cm³/mol. The van der Waals surface area contributed by atoms with E-state index in [1.165, 1.54) is 18.7 Å². The topological polar surface area (TPSA) is 86.0 Å². The molecule has 3 rings (SSSR count). The first-order valence-electron chi connectivity index (χ1n) is 7.99. The van der Waals surface area contributed by atoms with Gasteiger partial charge in [-0.25, -0.2) is 9.78 Å². The van der Waals surface area contributed by atoms with Gasteiger partial charge in [-0.1, -0.05) is 18.5 Å². The van der Waals surface area contributed by atoms with Gasteiger partial charge >= 0.3 is 5.69 Å². The quantitative estimate of drug-likeness (QED) is 0.762. The van der Waals surface area contributed by atoms with E-state index >= 15 is 0 Å². The van der Waals surface area contributed by atoms with Crippen molar-refractivity contribution in [3.8, 4) is 0 Å². The predicted octanol–water partition coefficient (Wildman–Crippen LogP) is 2.10. The standard InChI is InChI=1S/C18H17ClN4O3/c1-4-10-9-20-15-13(17(25)23(3)18(26)22(15)2)14(10)21-16(24)11-5-7-12(19)8-6-11/h5-9H,4H2,1-3H3,(H,20,21,24). The number of aryl methyl sites for hydroxylation is 2. The largest absolute Gasteiger partial charge is 0.332 e. The van der Waals surface area contributed by atoms with Crippen LogP contribution in [0.5, 0.6) is 0 Å². The van der Waals surface area contributed by atoms with Crippen LogP contribution in [0.1, 0.15) is 22.8 Å². The number of benzene rings is 1. The summed E-state index contributed by atoms with van der Waals surface area (Å²) >= 11 is 5.86. The molecule has 1 N–H and O–H groups in total. The van der Waals surface area contributed by atoms with E-state index < -0.39 is 11.2 Å². The highest BCUT2D eigenvalue weighted by Crippen LogP contribution is 2.24. The van der Waals surface area contributed by atoms with E-state index in [0.717, 1.165) is 4.57 Å². The second-order valence-electron chi connectivity index (χ2n) is 5.88. The van der Waals surface area contributed by atoms with Crippen LogP contribution in [0.25, 0.3) is 11.0 Å². The van der Waals surface area contributed by atoms with Gasteiger partial charge in [0.05, 0.1) is 5.69 Å². The number of hydrogen-bond acceptors (Lipinski definition) is 4. The molecule has 2 aromatic heterocycles. The van der Waals surface area contributed by atoms with Gasteiger partial charge in [0.25, 0.3) is 11.5 Å².